The van der Waals surface area contributed by atoms with E-state index in [1.54, 1.807) is 11.8 Å². The van der Waals surface area contributed by atoms with Gasteiger partial charge in [0.2, 0.25) is 0 Å². The third-order valence-corrected chi connectivity index (χ3v) is 5.64. The molecule has 0 spiro atoms. The van der Waals surface area contributed by atoms with Crippen molar-refractivity contribution < 1.29 is 10.2 Å². The topological polar surface area (TPSA) is 40.5 Å². The molecule has 0 aliphatic heterocycles. The molecule has 2 nitrogen and oxygen atoms in total. The lowest BCUT2D eigenvalue weighted by Gasteiger charge is -2.18. The molecule has 2 rings (SSSR count). The molecule has 0 aliphatic carbocycles. The average molecular weight is 330 g/mol. The molecule has 0 bridgehead atoms. The lowest BCUT2D eigenvalue weighted by Crippen LogP contribution is -1.97. The third-order valence-electron chi connectivity index (χ3n) is 4.18. The van der Waals surface area contributed by atoms with E-state index in [2.05, 4.69) is 27.7 Å². The Morgan fingerprint density at radius 1 is 0.609 bits per heavy atom. The summed E-state index contributed by atoms with van der Waals surface area (Å²) in [5, 5.41) is 19.9. The molecule has 2 aromatic rings. The van der Waals surface area contributed by atoms with Crippen molar-refractivity contribution in [1.29, 1.82) is 0 Å². The minimum Gasteiger partial charge on any atom is -0.508 e. The SMILES string of the molecule is CCc1cc(O)cc(CC)c1Sc1c(CC)cc(O)cc1CC. The zero-order chi connectivity index (χ0) is 17.0. The zero-order valence-corrected chi connectivity index (χ0v) is 15.3. The molecule has 0 aromatic heterocycles. The predicted octanol–water partition coefficient (Wildman–Crippen LogP) is 5.50. The molecule has 0 amide bonds. The molecule has 0 saturated carbocycles. The highest BCUT2D eigenvalue weighted by Crippen LogP contribution is 2.41. The summed E-state index contributed by atoms with van der Waals surface area (Å²) in [5.74, 6) is 0.695. The van der Waals surface area contributed by atoms with Gasteiger partial charge in [0.1, 0.15) is 11.5 Å². The van der Waals surface area contributed by atoms with Crippen molar-refractivity contribution in [2.24, 2.45) is 0 Å². The molecule has 0 saturated heterocycles. The molecule has 0 fully saturated rings. The molecule has 3 heteroatoms. The fourth-order valence-electron chi connectivity index (χ4n) is 2.89. The summed E-state index contributed by atoms with van der Waals surface area (Å²) in [4.78, 5) is 2.51. The first-order valence-electron chi connectivity index (χ1n) is 8.41. The van der Waals surface area contributed by atoms with Gasteiger partial charge in [0.25, 0.3) is 0 Å². The Hall–Kier alpha value is -1.61. The Morgan fingerprint density at radius 2 is 0.870 bits per heavy atom. The van der Waals surface area contributed by atoms with E-state index in [1.807, 2.05) is 24.3 Å². The molecule has 23 heavy (non-hydrogen) atoms. The summed E-state index contributed by atoms with van der Waals surface area (Å²) in [7, 11) is 0. The normalized spacial score (nSPS) is 11.0. The summed E-state index contributed by atoms with van der Waals surface area (Å²) in [6.45, 7) is 8.49. The second-order valence-corrected chi connectivity index (χ2v) is 6.72. The lowest BCUT2D eigenvalue weighted by atomic mass is 10.1. The van der Waals surface area contributed by atoms with Crippen LogP contribution in [-0.4, -0.2) is 10.2 Å². The van der Waals surface area contributed by atoms with Gasteiger partial charge in [-0.05, 0) is 72.2 Å². The largest absolute Gasteiger partial charge is 0.508 e. The maximum Gasteiger partial charge on any atom is 0.116 e. The summed E-state index contributed by atoms with van der Waals surface area (Å²) >= 11 is 1.79. The molecule has 0 radical (unpaired) electrons. The van der Waals surface area contributed by atoms with Crippen LogP contribution in [0.2, 0.25) is 0 Å². The monoisotopic (exact) mass is 330 g/mol. The highest BCUT2D eigenvalue weighted by Gasteiger charge is 2.15. The van der Waals surface area contributed by atoms with Gasteiger partial charge in [-0.3, -0.25) is 0 Å². The van der Waals surface area contributed by atoms with E-state index in [4.69, 9.17) is 0 Å². The number of rotatable bonds is 6. The van der Waals surface area contributed by atoms with Crippen molar-refractivity contribution in [3.63, 3.8) is 0 Å². The minimum atomic E-state index is 0.347. The summed E-state index contributed by atoms with van der Waals surface area (Å²) < 4.78 is 0. The second kappa shape index (κ2) is 7.78. The highest BCUT2D eigenvalue weighted by atomic mass is 32.2. The second-order valence-electron chi connectivity index (χ2n) is 5.70. The van der Waals surface area contributed by atoms with Crippen molar-refractivity contribution in [3.05, 3.63) is 46.5 Å². The zero-order valence-electron chi connectivity index (χ0n) is 14.4. The molecule has 0 heterocycles. The molecule has 0 aliphatic rings. The van der Waals surface area contributed by atoms with E-state index in [9.17, 15) is 10.2 Å². The molecule has 2 N–H and O–H groups in total. The summed E-state index contributed by atoms with van der Waals surface area (Å²) in [6, 6.07) is 7.50. The summed E-state index contributed by atoms with van der Waals surface area (Å²) in [6.07, 6.45) is 3.57. The smallest absolute Gasteiger partial charge is 0.116 e. The Bertz CT molecular complexity index is 583. The fourth-order valence-corrected chi connectivity index (χ4v) is 4.43. The van der Waals surface area contributed by atoms with Crippen LogP contribution in [0.25, 0.3) is 0 Å². The third kappa shape index (κ3) is 3.84. The number of benzene rings is 2. The Morgan fingerprint density at radius 3 is 1.09 bits per heavy atom. The van der Waals surface area contributed by atoms with E-state index in [1.165, 1.54) is 32.0 Å². The van der Waals surface area contributed by atoms with Gasteiger partial charge in [-0.1, -0.05) is 39.5 Å². The average Bonchev–Trinajstić information content (AvgIpc) is 2.56. The van der Waals surface area contributed by atoms with E-state index < -0.39 is 0 Å². The molecule has 0 unspecified atom stereocenters. The quantitative estimate of drug-likeness (QED) is 0.735. The number of phenols is 2. The molecular formula is C20H26O2S. The number of hydrogen-bond acceptors (Lipinski definition) is 3. The maximum atomic E-state index is 9.94. The van der Waals surface area contributed by atoms with Gasteiger partial charge in [-0.25, -0.2) is 0 Å². The van der Waals surface area contributed by atoms with Crippen LogP contribution in [0, 0.1) is 0 Å². The first kappa shape index (κ1) is 17.7. The van der Waals surface area contributed by atoms with Crippen LogP contribution < -0.4 is 0 Å². The van der Waals surface area contributed by atoms with Crippen molar-refractivity contribution >= 4 is 11.8 Å². The van der Waals surface area contributed by atoms with Gasteiger partial charge in [0, 0.05) is 9.79 Å². The highest BCUT2D eigenvalue weighted by molar-refractivity contribution is 7.99. The van der Waals surface area contributed by atoms with Gasteiger partial charge >= 0.3 is 0 Å². The summed E-state index contributed by atoms with van der Waals surface area (Å²) in [5.41, 5.74) is 4.74. The van der Waals surface area contributed by atoms with E-state index in [0.29, 0.717) is 11.5 Å². The number of aryl methyl sites for hydroxylation is 4. The van der Waals surface area contributed by atoms with E-state index in [0.717, 1.165) is 25.7 Å². The predicted molar refractivity (Wildman–Crippen MR) is 97.8 cm³/mol. The van der Waals surface area contributed by atoms with Crippen molar-refractivity contribution in [1.82, 2.24) is 0 Å². The van der Waals surface area contributed by atoms with Crippen LogP contribution in [0.1, 0.15) is 49.9 Å². The Balaban J connectivity index is 2.59. The van der Waals surface area contributed by atoms with Crippen molar-refractivity contribution in [2.75, 3.05) is 0 Å². The van der Waals surface area contributed by atoms with Crippen LogP contribution in [-0.2, 0) is 25.7 Å². The van der Waals surface area contributed by atoms with Crippen LogP contribution in [0.15, 0.2) is 34.1 Å². The van der Waals surface area contributed by atoms with Crippen LogP contribution in [0.5, 0.6) is 11.5 Å². The first-order chi connectivity index (χ1) is 11.0. The van der Waals surface area contributed by atoms with Gasteiger partial charge in [0.05, 0.1) is 0 Å². The van der Waals surface area contributed by atoms with Crippen LogP contribution in [0.4, 0.5) is 0 Å². The first-order valence-corrected chi connectivity index (χ1v) is 9.22. The van der Waals surface area contributed by atoms with Crippen molar-refractivity contribution in [3.8, 4) is 11.5 Å². The fraction of sp³-hybridized carbons (Fsp3) is 0.400. The van der Waals surface area contributed by atoms with Crippen LogP contribution >= 0.6 is 11.8 Å². The number of aromatic hydroxyl groups is 2. The van der Waals surface area contributed by atoms with E-state index >= 15 is 0 Å². The minimum absolute atomic E-state index is 0.347. The Kier molecular flexibility index (Phi) is 6.00. The molecule has 0 atom stereocenters. The van der Waals surface area contributed by atoms with Gasteiger partial charge in [-0.15, -0.1) is 0 Å². The van der Waals surface area contributed by atoms with Gasteiger partial charge in [-0.2, -0.15) is 0 Å². The lowest BCUT2D eigenvalue weighted by molar-refractivity contribution is 0.472. The Labute approximate surface area is 143 Å². The number of phenolic OH excluding ortho intramolecular Hbond substituents is 2. The molecule has 124 valence electrons. The van der Waals surface area contributed by atoms with Crippen LogP contribution in [0.3, 0.4) is 0 Å². The molecular weight excluding hydrogens is 304 g/mol. The standard InChI is InChI=1S/C20H26O2S/c1-5-13-9-17(21)10-14(6-2)19(13)23-20-15(7-3)11-18(22)12-16(20)8-4/h9-12,21-22H,5-8H2,1-4H3. The molecule has 2 aromatic carbocycles. The van der Waals surface area contributed by atoms with Gasteiger partial charge in [0.15, 0.2) is 0 Å². The van der Waals surface area contributed by atoms with E-state index in [-0.39, 0.29) is 0 Å². The number of hydrogen-bond donors (Lipinski definition) is 2. The maximum absolute atomic E-state index is 9.94. The van der Waals surface area contributed by atoms with Gasteiger partial charge < -0.3 is 10.2 Å². The van der Waals surface area contributed by atoms with Crippen molar-refractivity contribution in [2.45, 2.75) is 63.2 Å².